The molecule has 0 aliphatic rings. The van der Waals surface area contributed by atoms with Crippen LogP contribution in [0.4, 0.5) is 34.1 Å². The van der Waals surface area contributed by atoms with E-state index in [0.29, 0.717) is 0 Å². The summed E-state index contributed by atoms with van der Waals surface area (Å²) in [5.74, 6) is 0. The lowest BCUT2D eigenvalue weighted by Crippen LogP contribution is -2.11. The van der Waals surface area contributed by atoms with Crippen LogP contribution in [0.25, 0.3) is 33.7 Å². The van der Waals surface area contributed by atoms with E-state index < -0.39 is 0 Å². The molecule has 8 aromatic carbocycles. The number of anilines is 6. The molecule has 2 nitrogen and oxygen atoms in total. The Balaban J connectivity index is 1.08. The fraction of sp³-hybridized carbons (Fsp3) is 0.207. The Morgan fingerprint density at radius 1 is 0.317 bits per heavy atom. The molecular weight excluding hydrogens is 725 g/mol. The fourth-order valence-electron chi connectivity index (χ4n) is 8.72. The summed E-state index contributed by atoms with van der Waals surface area (Å²) >= 11 is 0. The summed E-state index contributed by atoms with van der Waals surface area (Å²) in [6, 6.07) is 54.8. The zero-order chi connectivity index (χ0) is 41.9. The molecule has 0 aromatic heterocycles. The van der Waals surface area contributed by atoms with Gasteiger partial charge in [0.2, 0.25) is 0 Å². The molecule has 0 radical (unpaired) electrons. The average molecular weight is 783 g/mol. The number of fused-ring (bicyclic) bond motifs is 3. The molecule has 0 spiro atoms. The van der Waals surface area contributed by atoms with Gasteiger partial charge in [-0.1, -0.05) is 107 Å². The van der Waals surface area contributed by atoms with Crippen molar-refractivity contribution in [1.29, 1.82) is 0 Å². The first kappa shape index (κ1) is 40.4. The molecule has 0 saturated heterocycles. The minimum atomic E-state index is 1.02. The normalized spacial score (nSPS) is 11.5. The van der Waals surface area contributed by atoms with E-state index in [-0.39, 0.29) is 0 Å². The Labute approximate surface area is 358 Å². The van der Waals surface area contributed by atoms with Crippen LogP contribution in [-0.4, -0.2) is 0 Å². The van der Waals surface area contributed by atoms with Crippen molar-refractivity contribution in [2.45, 2.75) is 81.1 Å². The van der Waals surface area contributed by atoms with Gasteiger partial charge in [-0.15, -0.1) is 0 Å². The second-order valence-corrected chi connectivity index (χ2v) is 16.4. The third-order valence-electron chi connectivity index (χ3n) is 12.6. The maximum Gasteiger partial charge on any atom is 0.0468 e. The van der Waals surface area contributed by atoms with E-state index in [1.165, 1.54) is 106 Å². The van der Waals surface area contributed by atoms with Crippen molar-refractivity contribution in [2.75, 3.05) is 9.80 Å². The molecule has 0 heterocycles. The van der Waals surface area contributed by atoms with E-state index in [2.05, 4.69) is 223 Å². The molecule has 8 rings (SSSR count). The van der Waals surface area contributed by atoms with E-state index in [0.717, 1.165) is 31.4 Å². The number of nitrogens with zero attached hydrogens (tertiary/aromatic N) is 2. The van der Waals surface area contributed by atoms with Crippen molar-refractivity contribution < 1.29 is 0 Å². The molecule has 0 aliphatic heterocycles. The Bertz CT molecular complexity index is 2860. The molecule has 300 valence electrons. The molecule has 0 fully saturated rings. The number of benzene rings is 8. The maximum atomic E-state index is 2.42. The van der Waals surface area contributed by atoms with Gasteiger partial charge < -0.3 is 9.80 Å². The highest BCUT2D eigenvalue weighted by molar-refractivity contribution is 6.09. The first-order chi connectivity index (χ1) is 29.2. The summed E-state index contributed by atoms with van der Waals surface area (Å²) in [6.45, 7) is 17.8. The number of hydrogen-bond donors (Lipinski definition) is 0. The van der Waals surface area contributed by atoms with Crippen LogP contribution >= 0.6 is 0 Å². The van der Waals surface area contributed by atoms with E-state index in [4.69, 9.17) is 0 Å². The Kier molecular flexibility index (Phi) is 11.8. The smallest absolute Gasteiger partial charge is 0.0468 e. The van der Waals surface area contributed by atoms with Crippen LogP contribution in [0.5, 0.6) is 0 Å². The van der Waals surface area contributed by atoms with Crippen molar-refractivity contribution >= 4 is 67.8 Å². The summed E-state index contributed by atoms with van der Waals surface area (Å²) in [7, 11) is 0. The highest BCUT2D eigenvalue weighted by Crippen LogP contribution is 2.40. The van der Waals surface area contributed by atoms with Gasteiger partial charge in [0, 0.05) is 34.1 Å². The first-order valence-corrected chi connectivity index (χ1v) is 21.9. The molecule has 0 N–H and O–H groups in total. The molecule has 0 saturated carbocycles. The van der Waals surface area contributed by atoms with Crippen LogP contribution in [-0.2, 0) is 25.7 Å². The molecule has 0 atom stereocenters. The highest BCUT2D eigenvalue weighted by atomic mass is 15.1. The minimum Gasteiger partial charge on any atom is -0.310 e. The molecule has 0 aliphatic carbocycles. The zero-order valence-corrected chi connectivity index (χ0v) is 36.7. The summed E-state index contributed by atoms with van der Waals surface area (Å²) in [5.41, 5.74) is 20.3. The van der Waals surface area contributed by atoms with E-state index >= 15 is 0 Å². The lowest BCUT2D eigenvalue weighted by Gasteiger charge is -2.27. The monoisotopic (exact) mass is 782 g/mol. The van der Waals surface area contributed by atoms with Gasteiger partial charge in [-0.25, -0.2) is 0 Å². The third kappa shape index (κ3) is 8.12. The molecular formula is C58H58N2. The first-order valence-electron chi connectivity index (χ1n) is 21.9. The van der Waals surface area contributed by atoms with Crippen molar-refractivity contribution in [3.05, 3.63) is 201 Å². The highest BCUT2D eigenvalue weighted by Gasteiger charge is 2.17. The Morgan fingerprint density at radius 2 is 0.700 bits per heavy atom. The molecule has 60 heavy (non-hydrogen) atoms. The SMILES string of the molecule is CCc1ccc(N(c2ccc(/C=C/c3ccc4c(ccc5cc(N(c6ccc(C)c(C)c6)c6ccc(CC)c(CC)c6)ccc54)c3)cc2)c2ccc(C)c(C)c2)cc1CC. The predicted molar refractivity (Wildman–Crippen MR) is 263 cm³/mol. The van der Waals surface area contributed by atoms with Crippen LogP contribution in [0.2, 0.25) is 0 Å². The summed E-state index contributed by atoms with van der Waals surface area (Å²) < 4.78 is 0. The summed E-state index contributed by atoms with van der Waals surface area (Å²) in [4.78, 5) is 4.81. The average Bonchev–Trinajstić information content (AvgIpc) is 3.28. The maximum absolute atomic E-state index is 2.42. The Hall–Kier alpha value is -6.38. The van der Waals surface area contributed by atoms with Gasteiger partial charge in [0.15, 0.2) is 0 Å². The molecule has 0 unspecified atom stereocenters. The molecule has 8 aromatic rings. The van der Waals surface area contributed by atoms with Gasteiger partial charge in [0.1, 0.15) is 0 Å². The van der Waals surface area contributed by atoms with Gasteiger partial charge in [0.05, 0.1) is 0 Å². The molecule has 2 heteroatoms. The standard InChI is InChI=1S/C58H58N2/c1-9-45-22-28-54(36-47(45)11-3)59(52-24-13-39(5)41(7)33-52)51-26-17-43(18-27-51)15-16-44-19-31-57-49(35-44)20-21-50-38-56(30-32-58(50)57)60(53-25-14-40(6)42(8)34-53)55-29-23-46(10-2)48(12-4)37-55/h13-38H,9-12H2,1-8H3/b16-15+. The lowest BCUT2D eigenvalue weighted by atomic mass is 9.98. The largest absolute Gasteiger partial charge is 0.310 e. The van der Waals surface area contributed by atoms with Crippen molar-refractivity contribution in [1.82, 2.24) is 0 Å². The second kappa shape index (κ2) is 17.5. The van der Waals surface area contributed by atoms with Crippen LogP contribution in [0, 0.1) is 27.7 Å². The van der Waals surface area contributed by atoms with Crippen molar-refractivity contribution in [3.8, 4) is 0 Å². The number of hydrogen-bond acceptors (Lipinski definition) is 2. The second-order valence-electron chi connectivity index (χ2n) is 16.4. The minimum absolute atomic E-state index is 1.02. The van der Waals surface area contributed by atoms with Gasteiger partial charge >= 0.3 is 0 Å². The van der Waals surface area contributed by atoms with Crippen LogP contribution in [0.15, 0.2) is 146 Å². The predicted octanol–water partition coefficient (Wildman–Crippen LogP) is 16.6. The number of aryl methyl sites for hydroxylation is 8. The Morgan fingerprint density at radius 3 is 1.22 bits per heavy atom. The topological polar surface area (TPSA) is 6.48 Å². The van der Waals surface area contributed by atoms with Gasteiger partial charge in [-0.05, 0) is 209 Å². The molecule has 0 bridgehead atoms. The molecule has 0 amide bonds. The van der Waals surface area contributed by atoms with Gasteiger partial charge in [0.25, 0.3) is 0 Å². The zero-order valence-electron chi connectivity index (χ0n) is 36.7. The van der Waals surface area contributed by atoms with E-state index in [9.17, 15) is 0 Å². The summed E-state index contributed by atoms with van der Waals surface area (Å²) in [6.07, 6.45) is 8.59. The van der Waals surface area contributed by atoms with Crippen LogP contribution in [0.1, 0.15) is 83.3 Å². The lowest BCUT2D eigenvalue weighted by molar-refractivity contribution is 1.03. The van der Waals surface area contributed by atoms with Crippen molar-refractivity contribution in [2.24, 2.45) is 0 Å². The van der Waals surface area contributed by atoms with Gasteiger partial charge in [-0.2, -0.15) is 0 Å². The van der Waals surface area contributed by atoms with E-state index in [1.54, 1.807) is 0 Å². The summed E-state index contributed by atoms with van der Waals surface area (Å²) in [5, 5.41) is 5.01. The fourth-order valence-corrected chi connectivity index (χ4v) is 8.72. The van der Waals surface area contributed by atoms with Crippen LogP contribution in [0.3, 0.4) is 0 Å². The number of rotatable bonds is 12. The quantitative estimate of drug-likeness (QED) is 0.0900. The van der Waals surface area contributed by atoms with Crippen molar-refractivity contribution in [3.63, 3.8) is 0 Å². The third-order valence-corrected chi connectivity index (χ3v) is 12.6. The van der Waals surface area contributed by atoms with E-state index in [1.807, 2.05) is 0 Å². The van der Waals surface area contributed by atoms with Gasteiger partial charge in [-0.3, -0.25) is 0 Å². The van der Waals surface area contributed by atoms with Crippen LogP contribution < -0.4 is 9.80 Å².